The van der Waals surface area contributed by atoms with Crippen LogP contribution in [0.4, 0.5) is 0 Å². The first-order chi connectivity index (χ1) is 14.9. The maximum absolute atomic E-state index is 12.7. The van der Waals surface area contributed by atoms with Crippen LogP contribution in [0.3, 0.4) is 0 Å². The first-order valence-electron chi connectivity index (χ1n) is 10.0. The molecule has 0 bridgehead atoms. The van der Waals surface area contributed by atoms with Crippen LogP contribution >= 0.6 is 0 Å². The SMILES string of the molecule is COc1ccc(C(=O)N[C@H](C(=O)OCc2nc(-c3ccccc3)oc2C)C(C)C)cc1. The van der Waals surface area contributed by atoms with Gasteiger partial charge < -0.3 is 19.2 Å². The lowest BCUT2D eigenvalue weighted by atomic mass is 10.0. The van der Waals surface area contributed by atoms with Gasteiger partial charge in [-0.3, -0.25) is 4.79 Å². The molecule has 0 spiro atoms. The van der Waals surface area contributed by atoms with E-state index in [2.05, 4.69) is 10.3 Å². The summed E-state index contributed by atoms with van der Waals surface area (Å²) in [5.41, 5.74) is 1.81. The minimum absolute atomic E-state index is 0.0391. The summed E-state index contributed by atoms with van der Waals surface area (Å²) >= 11 is 0. The van der Waals surface area contributed by atoms with Gasteiger partial charge >= 0.3 is 5.97 Å². The standard InChI is InChI=1S/C24H26N2O5/c1-15(2)21(26-22(27)17-10-12-19(29-4)13-11-17)24(28)30-14-20-16(3)31-23(25-20)18-8-6-5-7-9-18/h5-13,15,21H,14H2,1-4H3,(H,26,27)/t21-/m0/s1. The number of amides is 1. The number of methoxy groups -OCH3 is 1. The number of hydrogen-bond donors (Lipinski definition) is 1. The van der Waals surface area contributed by atoms with Crippen molar-refractivity contribution in [3.63, 3.8) is 0 Å². The van der Waals surface area contributed by atoms with E-state index in [-0.39, 0.29) is 18.4 Å². The van der Waals surface area contributed by atoms with Crippen LogP contribution in [-0.4, -0.2) is 30.0 Å². The maximum atomic E-state index is 12.7. The van der Waals surface area contributed by atoms with Crippen molar-refractivity contribution < 1.29 is 23.5 Å². The Kier molecular flexibility index (Phi) is 7.07. The second-order valence-corrected chi connectivity index (χ2v) is 7.42. The molecule has 1 heterocycles. The highest BCUT2D eigenvalue weighted by Crippen LogP contribution is 2.22. The van der Waals surface area contributed by atoms with Crippen molar-refractivity contribution in [2.75, 3.05) is 7.11 Å². The van der Waals surface area contributed by atoms with Crippen molar-refractivity contribution in [3.8, 4) is 17.2 Å². The molecule has 31 heavy (non-hydrogen) atoms. The molecular formula is C24H26N2O5. The highest BCUT2D eigenvalue weighted by atomic mass is 16.5. The Bertz CT molecular complexity index is 1030. The topological polar surface area (TPSA) is 90.7 Å². The number of aryl methyl sites for hydroxylation is 1. The van der Waals surface area contributed by atoms with Gasteiger partial charge in [0.05, 0.1) is 7.11 Å². The fraction of sp³-hybridized carbons (Fsp3) is 0.292. The second-order valence-electron chi connectivity index (χ2n) is 7.42. The number of oxazole rings is 1. The minimum Gasteiger partial charge on any atom is -0.497 e. The molecule has 2 aromatic carbocycles. The van der Waals surface area contributed by atoms with Crippen LogP contribution in [0.25, 0.3) is 11.5 Å². The van der Waals surface area contributed by atoms with Gasteiger partial charge in [-0.05, 0) is 49.2 Å². The van der Waals surface area contributed by atoms with E-state index in [0.717, 1.165) is 5.56 Å². The molecule has 162 valence electrons. The fourth-order valence-corrected chi connectivity index (χ4v) is 2.96. The number of esters is 1. The summed E-state index contributed by atoms with van der Waals surface area (Å²) < 4.78 is 16.3. The molecule has 1 aromatic heterocycles. The highest BCUT2D eigenvalue weighted by molar-refractivity contribution is 5.96. The third kappa shape index (κ3) is 5.51. The summed E-state index contributed by atoms with van der Waals surface area (Å²) in [6.45, 7) is 5.42. The van der Waals surface area contributed by atoms with Crippen molar-refractivity contribution >= 4 is 11.9 Å². The zero-order valence-corrected chi connectivity index (χ0v) is 18.0. The van der Waals surface area contributed by atoms with E-state index in [0.29, 0.717) is 28.7 Å². The first kappa shape index (κ1) is 22.1. The lowest BCUT2D eigenvalue weighted by molar-refractivity contribution is -0.148. The number of carbonyl (C=O) groups excluding carboxylic acids is 2. The monoisotopic (exact) mass is 422 g/mol. The van der Waals surface area contributed by atoms with Crippen LogP contribution in [0, 0.1) is 12.8 Å². The van der Waals surface area contributed by atoms with E-state index in [4.69, 9.17) is 13.9 Å². The largest absolute Gasteiger partial charge is 0.497 e. The van der Waals surface area contributed by atoms with Gasteiger partial charge in [0.2, 0.25) is 5.89 Å². The van der Waals surface area contributed by atoms with E-state index in [1.54, 1.807) is 38.3 Å². The molecule has 7 nitrogen and oxygen atoms in total. The molecule has 0 aliphatic rings. The Balaban J connectivity index is 1.64. The van der Waals surface area contributed by atoms with Gasteiger partial charge in [0, 0.05) is 11.1 Å². The Hall–Kier alpha value is -3.61. The molecule has 0 fully saturated rings. The molecule has 0 saturated heterocycles. The van der Waals surface area contributed by atoms with Gasteiger partial charge in [0.1, 0.15) is 29.9 Å². The number of rotatable bonds is 8. The number of nitrogens with zero attached hydrogens (tertiary/aromatic N) is 1. The minimum atomic E-state index is -0.796. The van der Waals surface area contributed by atoms with Gasteiger partial charge in [0.15, 0.2) is 0 Å². The number of benzene rings is 2. The third-order valence-electron chi connectivity index (χ3n) is 4.82. The van der Waals surface area contributed by atoms with Crippen LogP contribution < -0.4 is 10.1 Å². The maximum Gasteiger partial charge on any atom is 0.329 e. The van der Waals surface area contributed by atoms with Gasteiger partial charge in [-0.15, -0.1) is 0 Å². The molecular weight excluding hydrogens is 396 g/mol. The predicted molar refractivity (Wildman–Crippen MR) is 116 cm³/mol. The number of nitrogens with one attached hydrogen (secondary N) is 1. The summed E-state index contributed by atoms with van der Waals surface area (Å²) in [5, 5.41) is 2.75. The predicted octanol–water partition coefficient (Wildman–Crippen LogP) is 4.16. The third-order valence-corrected chi connectivity index (χ3v) is 4.82. The zero-order valence-electron chi connectivity index (χ0n) is 18.0. The molecule has 0 saturated carbocycles. The molecule has 0 aliphatic carbocycles. The fourth-order valence-electron chi connectivity index (χ4n) is 2.96. The van der Waals surface area contributed by atoms with Crippen molar-refractivity contribution in [2.24, 2.45) is 5.92 Å². The lowest BCUT2D eigenvalue weighted by Crippen LogP contribution is -2.45. The van der Waals surface area contributed by atoms with Crippen LogP contribution in [0.15, 0.2) is 59.0 Å². The van der Waals surface area contributed by atoms with E-state index in [1.807, 2.05) is 44.2 Å². The number of hydrogen-bond acceptors (Lipinski definition) is 6. The molecule has 3 rings (SSSR count). The van der Waals surface area contributed by atoms with Crippen LogP contribution in [0.5, 0.6) is 5.75 Å². The molecule has 0 unspecified atom stereocenters. The Labute approximate surface area is 181 Å². The van der Waals surface area contributed by atoms with E-state index in [1.165, 1.54) is 0 Å². The van der Waals surface area contributed by atoms with Crippen LogP contribution in [-0.2, 0) is 16.1 Å². The van der Waals surface area contributed by atoms with Gasteiger partial charge in [-0.25, -0.2) is 9.78 Å². The number of carbonyl (C=O) groups is 2. The molecule has 1 amide bonds. The average Bonchev–Trinajstić information content (AvgIpc) is 3.16. The van der Waals surface area contributed by atoms with E-state index < -0.39 is 12.0 Å². The van der Waals surface area contributed by atoms with Gasteiger partial charge in [-0.2, -0.15) is 0 Å². The van der Waals surface area contributed by atoms with Gasteiger partial charge in [-0.1, -0.05) is 32.0 Å². The number of aromatic nitrogens is 1. The van der Waals surface area contributed by atoms with Crippen molar-refractivity contribution in [3.05, 3.63) is 71.6 Å². The van der Waals surface area contributed by atoms with Gasteiger partial charge in [0.25, 0.3) is 5.91 Å². The van der Waals surface area contributed by atoms with E-state index in [9.17, 15) is 9.59 Å². The summed E-state index contributed by atoms with van der Waals surface area (Å²) in [7, 11) is 1.55. The smallest absolute Gasteiger partial charge is 0.329 e. The first-order valence-corrected chi connectivity index (χ1v) is 10.0. The number of ether oxygens (including phenoxy) is 2. The molecule has 0 aliphatic heterocycles. The normalized spacial score (nSPS) is 11.8. The van der Waals surface area contributed by atoms with Crippen molar-refractivity contribution in [1.82, 2.24) is 10.3 Å². The van der Waals surface area contributed by atoms with E-state index >= 15 is 0 Å². The quantitative estimate of drug-likeness (QED) is 0.548. The molecule has 0 radical (unpaired) electrons. The van der Waals surface area contributed by atoms with Crippen LogP contribution in [0.2, 0.25) is 0 Å². The van der Waals surface area contributed by atoms with Crippen LogP contribution in [0.1, 0.15) is 35.7 Å². The van der Waals surface area contributed by atoms with Crippen molar-refractivity contribution in [2.45, 2.75) is 33.4 Å². The average molecular weight is 422 g/mol. The molecule has 1 N–H and O–H groups in total. The summed E-state index contributed by atoms with van der Waals surface area (Å²) in [4.78, 5) is 29.7. The Morgan fingerprint density at radius 3 is 2.35 bits per heavy atom. The molecule has 7 heteroatoms. The van der Waals surface area contributed by atoms with Crippen molar-refractivity contribution in [1.29, 1.82) is 0 Å². The second kappa shape index (κ2) is 9.93. The summed E-state index contributed by atoms with van der Waals surface area (Å²) in [5.74, 6) is 0.650. The molecule has 1 atom stereocenters. The Morgan fingerprint density at radius 1 is 1.06 bits per heavy atom. The zero-order chi connectivity index (χ0) is 22.4. The Morgan fingerprint density at radius 2 is 1.74 bits per heavy atom. The lowest BCUT2D eigenvalue weighted by Gasteiger charge is -2.20. The highest BCUT2D eigenvalue weighted by Gasteiger charge is 2.27. The summed E-state index contributed by atoms with van der Waals surface area (Å²) in [6, 6.07) is 15.4. The molecule has 3 aromatic rings. The summed E-state index contributed by atoms with van der Waals surface area (Å²) in [6.07, 6.45) is 0.